The van der Waals surface area contributed by atoms with E-state index in [1.807, 2.05) is 0 Å². The van der Waals surface area contributed by atoms with Crippen LogP contribution in [0.4, 0.5) is 0 Å². The zero-order chi connectivity index (χ0) is 18.8. The van der Waals surface area contributed by atoms with Gasteiger partial charge < -0.3 is 9.16 Å². The molecule has 0 heterocycles. The minimum Gasteiger partial charge on any atom is -0.496 e. The molecule has 2 rings (SSSR count). The lowest BCUT2D eigenvalue weighted by molar-refractivity contribution is 0.260. The van der Waals surface area contributed by atoms with Crippen LogP contribution >= 0.6 is 15.9 Å². The van der Waals surface area contributed by atoms with E-state index in [9.17, 15) is 0 Å². The molecule has 25 heavy (non-hydrogen) atoms. The average molecular weight is 423 g/mol. The first kappa shape index (κ1) is 20.5. The Balaban J connectivity index is 2.46. The standard InChI is InChI=1S/C21H31BrO2Si/c1-14(2)25(15(3)4,16(5)6)24-13-17-12-20(22)18-10-8-9-11-19(18)21(17)23-7/h8-12,14-16H,13H2,1-7H3. The predicted octanol–water partition coefficient (Wildman–Crippen LogP) is 7.30. The molecule has 2 aromatic carbocycles. The molecule has 2 nitrogen and oxygen atoms in total. The quantitative estimate of drug-likeness (QED) is 0.435. The Morgan fingerprint density at radius 3 is 1.92 bits per heavy atom. The van der Waals surface area contributed by atoms with Gasteiger partial charge in [0.25, 0.3) is 0 Å². The molecule has 0 radical (unpaired) electrons. The maximum atomic E-state index is 6.78. The summed E-state index contributed by atoms with van der Waals surface area (Å²) in [5.41, 5.74) is 2.83. The number of methoxy groups -OCH3 is 1. The fourth-order valence-corrected chi connectivity index (χ4v) is 10.4. The van der Waals surface area contributed by atoms with Crippen LogP contribution in [0, 0.1) is 0 Å². The van der Waals surface area contributed by atoms with Crippen LogP contribution in [0.15, 0.2) is 34.8 Å². The molecule has 0 saturated heterocycles. The first-order valence-corrected chi connectivity index (χ1v) is 12.1. The van der Waals surface area contributed by atoms with Gasteiger partial charge in [-0.2, -0.15) is 0 Å². The van der Waals surface area contributed by atoms with Crippen LogP contribution in [-0.2, 0) is 11.0 Å². The van der Waals surface area contributed by atoms with Crippen LogP contribution in [-0.4, -0.2) is 15.4 Å². The highest BCUT2D eigenvalue weighted by atomic mass is 79.9. The summed E-state index contributed by atoms with van der Waals surface area (Å²) in [6.07, 6.45) is 0. The highest BCUT2D eigenvalue weighted by Gasteiger charge is 2.45. The third-order valence-corrected chi connectivity index (χ3v) is 12.1. The fourth-order valence-electron chi connectivity index (χ4n) is 4.41. The van der Waals surface area contributed by atoms with Crippen molar-refractivity contribution in [2.45, 2.75) is 64.8 Å². The molecule has 138 valence electrons. The number of hydrogen-bond donors (Lipinski definition) is 0. The second-order valence-corrected chi connectivity index (χ2v) is 14.0. The lowest BCUT2D eigenvalue weighted by Gasteiger charge is -2.42. The Hall–Kier alpha value is -0.843. The van der Waals surface area contributed by atoms with Gasteiger partial charge in [-0.15, -0.1) is 0 Å². The van der Waals surface area contributed by atoms with Crippen LogP contribution < -0.4 is 4.74 Å². The summed E-state index contributed by atoms with van der Waals surface area (Å²) in [4.78, 5) is 0. The number of benzene rings is 2. The average Bonchev–Trinajstić information content (AvgIpc) is 2.54. The van der Waals surface area contributed by atoms with Gasteiger partial charge in [0.1, 0.15) is 5.75 Å². The van der Waals surface area contributed by atoms with Crippen molar-refractivity contribution in [2.24, 2.45) is 0 Å². The summed E-state index contributed by atoms with van der Waals surface area (Å²) in [6.45, 7) is 14.5. The van der Waals surface area contributed by atoms with E-state index in [1.165, 1.54) is 5.39 Å². The van der Waals surface area contributed by atoms with Crippen molar-refractivity contribution < 1.29 is 9.16 Å². The van der Waals surface area contributed by atoms with Crippen LogP contribution in [0.2, 0.25) is 16.6 Å². The van der Waals surface area contributed by atoms with E-state index < -0.39 is 8.32 Å². The van der Waals surface area contributed by atoms with Crippen LogP contribution in [0.1, 0.15) is 47.1 Å². The summed E-state index contributed by atoms with van der Waals surface area (Å²) in [6, 6.07) is 10.5. The van der Waals surface area contributed by atoms with E-state index in [4.69, 9.17) is 9.16 Å². The Labute approximate surface area is 162 Å². The van der Waals surface area contributed by atoms with Gasteiger partial charge in [0.2, 0.25) is 8.32 Å². The zero-order valence-electron chi connectivity index (χ0n) is 16.5. The summed E-state index contributed by atoms with van der Waals surface area (Å²) in [7, 11) is -0.155. The van der Waals surface area contributed by atoms with Gasteiger partial charge in [-0.3, -0.25) is 0 Å². The first-order chi connectivity index (χ1) is 11.8. The molecule has 0 saturated carbocycles. The Bertz CT molecular complexity index is 703. The molecule has 0 aliphatic rings. The summed E-state index contributed by atoms with van der Waals surface area (Å²) in [5.74, 6) is 0.929. The van der Waals surface area contributed by atoms with E-state index in [0.29, 0.717) is 23.2 Å². The lowest BCUT2D eigenvalue weighted by Crippen LogP contribution is -2.47. The first-order valence-electron chi connectivity index (χ1n) is 9.13. The Morgan fingerprint density at radius 2 is 1.44 bits per heavy atom. The summed E-state index contributed by atoms with van der Waals surface area (Å²) < 4.78 is 13.7. The minimum atomic E-state index is -1.90. The van der Waals surface area contributed by atoms with Gasteiger partial charge in [0.05, 0.1) is 13.7 Å². The van der Waals surface area contributed by atoms with E-state index in [0.717, 1.165) is 21.2 Å². The van der Waals surface area contributed by atoms with Crippen LogP contribution in [0.5, 0.6) is 5.75 Å². The van der Waals surface area contributed by atoms with Crippen LogP contribution in [0.3, 0.4) is 0 Å². The van der Waals surface area contributed by atoms with Crippen molar-refractivity contribution >= 4 is 35.0 Å². The highest BCUT2D eigenvalue weighted by molar-refractivity contribution is 9.10. The third kappa shape index (κ3) is 3.81. The molecule has 0 aliphatic heterocycles. The van der Waals surface area contributed by atoms with E-state index in [-0.39, 0.29) is 0 Å². The SMILES string of the molecule is COc1c(CO[Si](C(C)C)(C(C)C)C(C)C)cc(Br)c2ccccc12. The maximum Gasteiger partial charge on any atom is 0.200 e. The molecule has 0 unspecified atom stereocenters. The van der Waals surface area contributed by atoms with E-state index in [1.54, 1.807) is 7.11 Å². The van der Waals surface area contributed by atoms with E-state index >= 15 is 0 Å². The van der Waals surface area contributed by atoms with Crippen molar-refractivity contribution in [3.63, 3.8) is 0 Å². The topological polar surface area (TPSA) is 18.5 Å². The molecule has 0 atom stereocenters. The lowest BCUT2D eigenvalue weighted by atomic mass is 10.1. The second kappa shape index (κ2) is 8.23. The molecular formula is C21H31BrO2Si. The number of ether oxygens (including phenoxy) is 1. The summed E-state index contributed by atoms with van der Waals surface area (Å²) in [5, 5.41) is 2.30. The minimum absolute atomic E-state index is 0.572. The van der Waals surface area contributed by atoms with Gasteiger partial charge in [-0.25, -0.2) is 0 Å². The van der Waals surface area contributed by atoms with Gasteiger partial charge in [0, 0.05) is 15.4 Å². The summed E-state index contributed by atoms with van der Waals surface area (Å²) >= 11 is 3.72. The molecule has 0 aromatic heterocycles. The fraction of sp³-hybridized carbons (Fsp3) is 0.524. The van der Waals surface area contributed by atoms with Gasteiger partial charge in [-0.05, 0) is 28.1 Å². The molecule has 0 spiro atoms. The number of halogens is 1. The van der Waals surface area contributed by atoms with Crippen molar-refractivity contribution in [3.8, 4) is 5.75 Å². The number of hydrogen-bond acceptors (Lipinski definition) is 2. The Morgan fingerprint density at radius 1 is 0.920 bits per heavy atom. The van der Waals surface area contributed by atoms with Crippen molar-refractivity contribution in [1.82, 2.24) is 0 Å². The van der Waals surface area contributed by atoms with E-state index in [2.05, 4.69) is 87.8 Å². The predicted molar refractivity (Wildman–Crippen MR) is 114 cm³/mol. The van der Waals surface area contributed by atoms with Crippen molar-refractivity contribution in [1.29, 1.82) is 0 Å². The van der Waals surface area contributed by atoms with Crippen molar-refractivity contribution in [2.75, 3.05) is 7.11 Å². The second-order valence-electron chi connectivity index (χ2n) is 7.70. The van der Waals surface area contributed by atoms with Crippen molar-refractivity contribution in [3.05, 3.63) is 40.4 Å². The molecule has 4 heteroatoms. The number of fused-ring (bicyclic) bond motifs is 1. The normalized spacial score (nSPS) is 12.6. The molecular weight excluding hydrogens is 392 g/mol. The Kier molecular flexibility index (Phi) is 6.74. The smallest absolute Gasteiger partial charge is 0.200 e. The monoisotopic (exact) mass is 422 g/mol. The number of rotatable bonds is 7. The van der Waals surface area contributed by atoms with Crippen LogP contribution in [0.25, 0.3) is 10.8 Å². The van der Waals surface area contributed by atoms with Gasteiger partial charge >= 0.3 is 0 Å². The largest absolute Gasteiger partial charge is 0.496 e. The zero-order valence-corrected chi connectivity index (χ0v) is 19.1. The highest BCUT2D eigenvalue weighted by Crippen LogP contribution is 2.44. The molecule has 2 aromatic rings. The van der Waals surface area contributed by atoms with Gasteiger partial charge in [0.15, 0.2) is 0 Å². The molecule has 0 amide bonds. The third-order valence-electron chi connectivity index (χ3n) is 5.41. The molecule has 0 fully saturated rings. The van der Waals surface area contributed by atoms with Gasteiger partial charge in [-0.1, -0.05) is 81.7 Å². The molecule has 0 aliphatic carbocycles. The maximum absolute atomic E-state index is 6.78. The molecule has 0 bridgehead atoms. The molecule has 0 N–H and O–H groups in total.